The lowest BCUT2D eigenvalue weighted by Crippen LogP contribution is -1.87. The van der Waals surface area contributed by atoms with Gasteiger partial charge in [0.1, 0.15) is 6.07 Å². The van der Waals surface area contributed by atoms with Crippen molar-refractivity contribution in [3.05, 3.63) is 17.5 Å². The van der Waals surface area contributed by atoms with Crippen LogP contribution >= 0.6 is 0 Å². The molecule has 0 saturated heterocycles. The molecular weight excluding hydrogens is 138 g/mol. The van der Waals surface area contributed by atoms with Gasteiger partial charge in [0.25, 0.3) is 0 Å². The zero-order valence-electron chi connectivity index (χ0n) is 7.00. The van der Waals surface area contributed by atoms with Crippen molar-refractivity contribution in [2.75, 3.05) is 0 Å². The van der Waals surface area contributed by atoms with Gasteiger partial charge in [-0.05, 0) is 5.92 Å². The monoisotopic (exact) mass is 149 g/mol. The van der Waals surface area contributed by atoms with Crippen LogP contribution in [0.2, 0.25) is 0 Å². The van der Waals surface area contributed by atoms with Crippen molar-refractivity contribution >= 4 is 0 Å². The molecule has 0 aromatic carbocycles. The average Bonchev–Trinajstić information content (AvgIpc) is 2.30. The molecule has 0 radical (unpaired) electrons. The van der Waals surface area contributed by atoms with Crippen molar-refractivity contribution in [3.63, 3.8) is 0 Å². The molecule has 1 rings (SSSR count). The van der Waals surface area contributed by atoms with Crippen LogP contribution in [0.4, 0.5) is 0 Å². The Morgan fingerprint density at radius 2 is 2.27 bits per heavy atom. The second-order valence-electron chi connectivity index (χ2n) is 2.87. The molecule has 0 amide bonds. The molecular formula is C8H11N3. The maximum atomic E-state index is 8.65. The molecule has 1 heterocycles. The Kier molecular flexibility index (Phi) is 1.95. The van der Waals surface area contributed by atoms with E-state index in [2.05, 4.69) is 25.0 Å². The molecule has 0 aliphatic carbocycles. The highest BCUT2D eigenvalue weighted by molar-refractivity contribution is 5.31. The van der Waals surface area contributed by atoms with E-state index in [4.69, 9.17) is 5.26 Å². The van der Waals surface area contributed by atoms with Gasteiger partial charge >= 0.3 is 0 Å². The summed E-state index contributed by atoms with van der Waals surface area (Å²) in [6.45, 7) is 4.11. The SMILES string of the molecule is CC(C)c1cn(C)nc1C#N. The molecule has 0 bridgehead atoms. The molecule has 58 valence electrons. The quantitative estimate of drug-likeness (QED) is 0.605. The van der Waals surface area contributed by atoms with Crippen LogP contribution in [-0.2, 0) is 7.05 Å². The van der Waals surface area contributed by atoms with E-state index in [1.807, 2.05) is 13.2 Å². The molecule has 1 aromatic heterocycles. The molecule has 3 heteroatoms. The summed E-state index contributed by atoms with van der Waals surface area (Å²) in [6.07, 6.45) is 1.89. The van der Waals surface area contributed by atoms with Gasteiger partial charge in [0.15, 0.2) is 5.69 Å². The third kappa shape index (κ3) is 1.40. The molecule has 0 saturated carbocycles. The summed E-state index contributed by atoms with van der Waals surface area (Å²) in [4.78, 5) is 0. The Morgan fingerprint density at radius 3 is 2.64 bits per heavy atom. The number of rotatable bonds is 1. The van der Waals surface area contributed by atoms with Gasteiger partial charge in [-0.1, -0.05) is 13.8 Å². The molecule has 0 atom stereocenters. The van der Waals surface area contributed by atoms with Gasteiger partial charge in [0.05, 0.1) is 0 Å². The fourth-order valence-electron chi connectivity index (χ4n) is 1.02. The second-order valence-corrected chi connectivity index (χ2v) is 2.87. The van der Waals surface area contributed by atoms with Crippen molar-refractivity contribution < 1.29 is 0 Å². The number of aryl methyl sites for hydroxylation is 1. The van der Waals surface area contributed by atoms with Crippen LogP contribution in [0.3, 0.4) is 0 Å². The molecule has 0 spiro atoms. The minimum absolute atomic E-state index is 0.373. The van der Waals surface area contributed by atoms with Crippen molar-refractivity contribution in [3.8, 4) is 6.07 Å². The lowest BCUT2D eigenvalue weighted by Gasteiger charge is -1.97. The van der Waals surface area contributed by atoms with Crippen LogP contribution in [0.15, 0.2) is 6.20 Å². The lowest BCUT2D eigenvalue weighted by atomic mass is 10.1. The molecule has 3 nitrogen and oxygen atoms in total. The van der Waals surface area contributed by atoms with Gasteiger partial charge in [-0.15, -0.1) is 0 Å². The van der Waals surface area contributed by atoms with E-state index in [1.54, 1.807) is 4.68 Å². The minimum Gasteiger partial charge on any atom is -0.274 e. The van der Waals surface area contributed by atoms with Crippen molar-refractivity contribution in [2.24, 2.45) is 7.05 Å². The Bertz CT molecular complexity index is 291. The number of hydrogen-bond donors (Lipinski definition) is 0. The van der Waals surface area contributed by atoms with Crippen LogP contribution in [0.1, 0.15) is 31.0 Å². The third-order valence-corrected chi connectivity index (χ3v) is 1.59. The van der Waals surface area contributed by atoms with E-state index in [-0.39, 0.29) is 0 Å². The Labute approximate surface area is 66.3 Å². The molecule has 0 aliphatic rings. The number of nitriles is 1. The van der Waals surface area contributed by atoms with E-state index in [0.717, 1.165) is 5.56 Å². The second kappa shape index (κ2) is 2.75. The van der Waals surface area contributed by atoms with Gasteiger partial charge in [-0.2, -0.15) is 10.4 Å². The fourth-order valence-corrected chi connectivity index (χ4v) is 1.02. The summed E-state index contributed by atoms with van der Waals surface area (Å²) in [5.41, 5.74) is 1.57. The van der Waals surface area contributed by atoms with Crippen LogP contribution in [0, 0.1) is 11.3 Å². The van der Waals surface area contributed by atoms with Gasteiger partial charge in [0.2, 0.25) is 0 Å². The first kappa shape index (κ1) is 7.80. The van der Waals surface area contributed by atoms with E-state index in [0.29, 0.717) is 11.6 Å². The molecule has 0 fully saturated rings. The molecule has 11 heavy (non-hydrogen) atoms. The normalized spacial score (nSPS) is 10.1. The predicted molar refractivity (Wildman–Crippen MR) is 42.0 cm³/mol. The highest BCUT2D eigenvalue weighted by atomic mass is 15.2. The van der Waals surface area contributed by atoms with Crippen LogP contribution in [0.25, 0.3) is 0 Å². The first-order valence-electron chi connectivity index (χ1n) is 3.58. The molecule has 0 aliphatic heterocycles. The standard InChI is InChI=1S/C8H11N3/c1-6(2)7-5-11(3)10-8(7)4-9/h5-6H,1-3H3. The van der Waals surface area contributed by atoms with E-state index in [1.165, 1.54) is 0 Å². The Balaban J connectivity index is 3.15. The lowest BCUT2D eigenvalue weighted by molar-refractivity contribution is 0.761. The van der Waals surface area contributed by atoms with E-state index < -0.39 is 0 Å². The summed E-state index contributed by atoms with van der Waals surface area (Å²) in [7, 11) is 1.83. The molecule has 1 aromatic rings. The summed E-state index contributed by atoms with van der Waals surface area (Å²) in [5.74, 6) is 0.373. The Morgan fingerprint density at radius 1 is 1.64 bits per heavy atom. The Hall–Kier alpha value is -1.30. The number of hydrogen-bond acceptors (Lipinski definition) is 2. The van der Waals surface area contributed by atoms with E-state index >= 15 is 0 Å². The number of nitrogens with zero attached hydrogens (tertiary/aromatic N) is 3. The number of aromatic nitrogens is 2. The maximum absolute atomic E-state index is 8.65. The van der Waals surface area contributed by atoms with E-state index in [9.17, 15) is 0 Å². The fraction of sp³-hybridized carbons (Fsp3) is 0.500. The molecule has 0 unspecified atom stereocenters. The van der Waals surface area contributed by atoms with Crippen LogP contribution in [-0.4, -0.2) is 9.78 Å². The van der Waals surface area contributed by atoms with Crippen molar-refractivity contribution in [1.82, 2.24) is 9.78 Å². The average molecular weight is 149 g/mol. The highest BCUT2D eigenvalue weighted by Crippen LogP contribution is 2.16. The van der Waals surface area contributed by atoms with Gasteiger partial charge in [-0.3, -0.25) is 4.68 Å². The minimum atomic E-state index is 0.373. The first-order chi connectivity index (χ1) is 5.15. The van der Waals surface area contributed by atoms with Crippen LogP contribution in [0.5, 0.6) is 0 Å². The van der Waals surface area contributed by atoms with Gasteiger partial charge in [0, 0.05) is 18.8 Å². The van der Waals surface area contributed by atoms with Crippen molar-refractivity contribution in [2.45, 2.75) is 19.8 Å². The van der Waals surface area contributed by atoms with Crippen molar-refractivity contribution in [1.29, 1.82) is 5.26 Å². The summed E-state index contributed by atoms with van der Waals surface area (Å²) >= 11 is 0. The van der Waals surface area contributed by atoms with Gasteiger partial charge in [-0.25, -0.2) is 0 Å². The zero-order valence-corrected chi connectivity index (χ0v) is 7.00. The molecule has 0 N–H and O–H groups in total. The summed E-state index contributed by atoms with van der Waals surface area (Å²) < 4.78 is 1.67. The predicted octanol–water partition coefficient (Wildman–Crippen LogP) is 1.42. The van der Waals surface area contributed by atoms with Crippen LogP contribution < -0.4 is 0 Å². The summed E-state index contributed by atoms with van der Waals surface area (Å²) in [5, 5.41) is 12.7. The highest BCUT2D eigenvalue weighted by Gasteiger charge is 2.09. The zero-order chi connectivity index (χ0) is 8.43. The first-order valence-corrected chi connectivity index (χ1v) is 3.58. The third-order valence-electron chi connectivity index (χ3n) is 1.59. The topological polar surface area (TPSA) is 41.6 Å². The summed E-state index contributed by atoms with van der Waals surface area (Å²) in [6, 6.07) is 2.07. The largest absolute Gasteiger partial charge is 0.274 e. The van der Waals surface area contributed by atoms with Gasteiger partial charge < -0.3 is 0 Å². The smallest absolute Gasteiger partial charge is 0.165 e. The maximum Gasteiger partial charge on any atom is 0.165 e.